The van der Waals surface area contributed by atoms with Crippen molar-refractivity contribution in [3.63, 3.8) is 0 Å². The summed E-state index contributed by atoms with van der Waals surface area (Å²) in [5.41, 5.74) is 1.84. The van der Waals surface area contributed by atoms with Crippen LogP contribution in [0.5, 0.6) is 0 Å². The van der Waals surface area contributed by atoms with Gasteiger partial charge >= 0.3 is 0 Å². The van der Waals surface area contributed by atoms with Crippen molar-refractivity contribution in [3.05, 3.63) is 71.8 Å². The Labute approximate surface area is 161 Å². The molecule has 0 aliphatic heterocycles. The number of rotatable bonds is 7. The molecule has 0 saturated heterocycles. The van der Waals surface area contributed by atoms with Gasteiger partial charge in [-0.3, -0.25) is 4.79 Å². The van der Waals surface area contributed by atoms with E-state index in [1.54, 1.807) is 12.1 Å². The van der Waals surface area contributed by atoms with Crippen LogP contribution in [0.1, 0.15) is 30.1 Å². The van der Waals surface area contributed by atoms with Crippen LogP contribution in [0.25, 0.3) is 5.69 Å². The van der Waals surface area contributed by atoms with Gasteiger partial charge in [-0.05, 0) is 42.7 Å². The molecule has 7 heteroatoms. The molecule has 27 heavy (non-hydrogen) atoms. The largest absolute Gasteiger partial charge is 0.351 e. The average Bonchev–Trinajstić information content (AvgIpc) is 3.46. The van der Waals surface area contributed by atoms with Gasteiger partial charge in [-0.25, -0.2) is 14.1 Å². The van der Waals surface area contributed by atoms with E-state index in [-0.39, 0.29) is 17.5 Å². The first-order valence-corrected chi connectivity index (χ1v) is 9.84. The van der Waals surface area contributed by atoms with Gasteiger partial charge < -0.3 is 5.32 Å². The summed E-state index contributed by atoms with van der Waals surface area (Å²) < 4.78 is 14.8. The van der Waals surface area contributed by atoms with Gasteiger partial charge in [0.1, 0.15) is 11.6 Å². The third-order valence-electron chi connectivity index (χ3n) is 4.29. The highest BCUT2D eigenvalue weighted by Crippen LogP contribution is 2.40. The average molecular weight is 382 g/mol. The SMILES string of the molecule is O=C(CSc1nc(C2CC2)n(-c2ccccc2)n1)NCc1ccc(F)cc1. The Kier molecular flexibility index (Phi) is 5.20. The van der Waals surface area contributed by atoms with E-state index < -0.39 is 0 Å². The summed E-state index contributed by atoms with van der Waals surface area (Å²) in [6.45, 7) is 0.374. The van der Waals surface area contributed by atoms with Gasteiger partial charge in [0.25, 0.3) is 0 Å². The molecule has 2 aromatic carbocycles. The van der Waals surface area contributed by atoms with Crippen LogP contribution in [0.15, 0.2) is 59.8 Å². The number of aromatic nitrogens is 3. The molecule has 0 spiro atoms. The second kappa shape index (κ2) is 7.92. The molecule has 1 aromatic heterocycles. The molecule has 0 atom stereocenters. The Morgan fingerprint density at radius 3 is 2.59 bits per heavy atom. The van der Waals surface area contributed by atoms with Crippen LogP contribution in [0.2, 0.25) is 0 Å². The lowest BCUT2D eigenvalue weighted by Crippen LogP contribution is -2.24. The molecule has 3 aromatic rings. The van der Waals surface area contributed by atoms with Crippen LogP contribution < -0.4 is 5.32 Å². The predicted octanol–water partition coefficient (Wildman–Crippen LogP) is 3.69. The Hall–Kier alpha value is -2.67. The van der Waals surface area contributed by atoms with E-state index in [9.17, 15) is 9.18 Å². The number of nitrogens with one attached hydrogen (secondary N) is 1. The monoisotopic (exact) mass is 382 g/mol. The quantitative estimate of drug-likeness (QED) is 0.633. The van der Waals surface area contributed by atoms with Gasteiger partial charge in [0, 0.05) is 12.5 Å². The third-order valence-corrected chi connectivity index (χ3v) is 5.13. The molecule has 138 valence electrons. The van der Waals surface area contributed by atoms with E-state index >= 15 is 0 Å². The van der Waals surface area contributed by atoms with Crippen molar-refractivity contribution >= 4 is 17.7 Å². The van der Waals surface area contributed by atoms with E-state index in [4.69, 9.17) is 0 Å². The van der Waals surface area contributed by atoms with Gasteiger partial charge in [0.15, 0.2) is 0 Å². The minimum atomic E-state index is -0.285. The Balaban J connectivity index is 1.36. The van der Waals surface area contributed by atoms with Crippen molar-refractivity contribution in [2.75, 3.05) is 5.75 Å². The third kappa shape index (κ3) is 4.54. The Morgan fingerprint density at radius 1 is 1.15 bits per heavy atom. The lowest BCUT2D eigenvalue weighted by Gasteiger charge is -2.04. The van der Waals surface area contributed by atoms with Crippen molar-refractivity contribution in [2.24, 2.45) is 0 Å². The van der Waals surface area contributed by atoms with Gasteiger partial charge in [-0.15, -0.1) is 5.10 Å². The number of carbonyl (C=O) groups excluding carboxylic acids is 1. The van der Waals surface area contributed by atoms with Crippen molar-refractivity contribution < 1.29 is 9.18 Å². The lowest BCUT2D eigenvalue weighted by atomic mass is 10.2. The molecule has 1 amide bonds. The highest BCUT2D eigenvalue weighted by atomic mass is 32.2. The zero-order chi connectivity index (χ0) is 18.6. The second-order valence-electron chi connectivity index (χ2n) is 6.47. The van der Waals surface area contributed by atoms with Crippen LogP contribution in [0.4, 0.5) is 4.39 Å². The standard InChI is InChI=1S/C20H19FN4OS/c21-16-10-6-14(7-11-16)12-22-18(26)13-27-20-23-19(15-8-9-15)25(24-20)17-4-2-1-3-5-17/h1-7,10-11,15H,8-9,12-13H2,(H,22,26). The molecular weight excluding hydrogens is 363 g/mol. The Bertz CT molecular complexity index is 923. The minimum absolute atomic E-state index is 0.103. The number of halogens is 1. The summed E-state index contributed by atoms with van der Waals surface area (Å²) in [4.78, 5) is 16.7. The number of para-hydroxylation sites is 1. The minimum Gasteiger partial charge on any atom is -0.351 e. The topological polar surface area (TPSA) is 59.8 Å². The van der Waals surface area contributed by atoms with Crippen molar-refractivity contribution in [1.29, 1.82) is 0 Å². The number of hydrogen-bond acceptors (Lipinski definition) is 4. The number of hydrogen-bond donors (Lipinski definition) is 1. The number of thioether (sulfide) groups is 1. The van der Waals surface area contributed by atoms with Gasteiger partial charge in [-0.2, -0.15) is 0 Å². The molecule has 1 aliphatic rings. The van der Waals surface area contributed by atoms with E-state index in [0.29, 0.717) is 17.6 Å². The van der Waals surface area contributed by atoms with E-state index in [0.717, 1.165) is 29.9 Å². The van der Waals surface area contributed by atoms with Crippen molar-refractivity contribution in [2.45, 2.75) is 30.5 Å². The summed E-state index contributed by atoms with van der Waals surface area (Å²) in [5.74, 6) is 1.28. The molecule has 1 N–H and O–H groups in total. The van der Waals surface area contributed by atoms with Crippen LogP contribution in [-0.4, -0.2) is 26.4 Å². The van der Waals surface area contributed by atoms with E-state index in [2.05, 4.69) is 15.4 Å². The lowest BCUT2D eigenvalue weighted by molar-refractivity contribution is -0.118. The predicted molar refractivity (Wildman–Crippen MR) is 102 cm³/mol. The summed E-state index contributed by atoms with van der Waals surface area (Å²) in [5, 5.41) is 8.03. The highest BCUT2D eigenvalue weighted by molar-refractivity contribution is 7.99. The maximum absolute atomic E-state index is 12.9. The molecule has 1 heterocycles. The van der Waals surface area contributed by atoms with Crippen LogP contribution in [-0.2, 0) is 11.3 Å². The molecule has 0 unspecified atom stereocenters. The summed E-state index contributed by atoms with van der Waals surface area (Å²) in [6.07, 6.45) is 2.27. The smallest absolute Gasteiger partial charge is 0.230 e. The molecule has 1 fully saturated rings. The molecule has 5 nitrogen and oxygen atoms in total. The first-order chi connectivity index (χ1) is 13.2. The molecule has 0 bridgehead atoms. The van der Waals surface area contributed by atoms with Crippen molar-refractivity contribution in [1.82, 2.24) is 20.1 Å². The Morgan fingerprint density at radius 2 is 1.89 bits per heavy atom. The van der Waals surface area contributed by atoms with E-state index in [1.807, 2.05) is 35.0 Å². The summed E-state index contributed by atoms with van der Waals surface area (Å²) >= 11 is 1.33. The maximum Gasteiger partial charge on any atom is 0.230 e. The molecule has 1 aliphatic carbocycles. The maximum atomic E-state index is 12.9. The number of benzene rings is 2. The van der Waals surface area contributed by atoms with Crippen molar-refractivity contribution in [3.8, 4) is 5.69 Å². The molecule has 1 saturated carbocycles. The fraction of sp³-hybridized carbons (Fsp3) is 0.250. The zero-order valence-electron chi connectivity index (χ0n) is 14.6. The van der Waals surface area contributed by atoms with Gasteiger partial charge in [-0.1, -0.05) is 42.1 Å². The molecular formula is C20H19FN4OS. The van der Waals surface area contributed by atoms with E-state index in [1.165, 1.54) is 23.9 Å². The number of amides is 1. The summed E-state index contributed by atoms with van der Waals surface area (Å²) in [7, 11) is 0. The number of carbonyl (C=O) groups is 1. The van der Waals surface area contributed by atoms with Crippen LogP contribution in [0.3, 0.4) is 0 Å². The number of nitrogens with zero attached hydrogens (tertiary/aromatic N) is 3. The fourth-order valence-electron chi connectivity index (χ4n) is 2.71. The first kappa shape index (κ1) is 17.7. The fourth-order valence-corrected chi connectivity index (χ4v) is 3.37. The van der Waals surface area contributed by atoms with Crippen LogP contribution >= 0.6 is 11.8 Å². The summed E-state index contributed by atoms with van der Waals surface area (Å²) in [6, 6.07) is 16.0. The highest BCUT2D eigenvalue weighted by Gasteiger charge is 2.30. The zero-order valence-corrected chi connectivity index (χ0v) is 15.5. The molecule has 0 radical (unpaired) electrons. The van der Waals surface area contributed by atoms with Gasteiger partial charge in [0.2, 0.25) is 11.1 Å². The molecule has 4 rings (SSSR count). The van der Waals surface area contributed by atoms with Gasteiger partial charge in [0.05, 0.1) is 11.4 Å². The first-order valence-electron chi connectivity index (χ1n) is 8.85. The normalized spacial score (nSPS) is 13.5. The second-order valence-corrected chi connectivity index (χ2v) is 7.41. The van der Waals surface area contributed by atoms with Crippen LogP contribution in [0, 0.1) is 5.82 Å².